The molecule has 13 heavy (non-hydrogen) atoms. The molecule has 2 atom stereocenters. The van der Waals surface area contributed by atoms with E-state index in [9.17, 15) is 0 Å². The largest absolute Gasteiger partial charge is 0.162 e. The minimum Gasteiger partial charge on any atom is -0.162 e. The fraction of sp³-hybridized carbons (Fsp3) is 1.00. The smallest absolute Gasteiger partial charge is 0.0148 e. The van der Waals surface area contributed by atoms with Gasteiger partial charge in [-0.2, -0.15) is 11.8 Å². The highest BCUT2D eigenvalue weighted by atomic mass is 79.9. The third kappa shape index (κ3) is 6.84. The van der Waals surface area contributed by atoms with Crippen molar-refractivity contribution in [3.05, 3.63) is 0 Å². The molecule has 0 rings (SSSR count). The van der Waals surface area contributed by atoms with Crippen LogP contribution in [0.5, 0.6) is 0 Å². The monoisotopic (exact) mass is 266 g/mol. The molecule has 0 spiro atoms. The van der Waals surface area contributed by atoms with Gasteiger partial charge in [0.2, 0.25) is 0 Å². The summed E-state index contributed by atoms with van der Waals surface area (Å²) in [5.74, 6) is 4.24. The molecule has 0 aliphatic heterocycles. The van der Waals surface area contributed by atoms with Crippen molar-refractivity contribution < 1.29 is 0 Å². The van der Waals surface area contributed by atoms with E-state index in [-0.39, 0.29) is 0 Å². The van der Waals surface area contributed by atoms with Gasteiger partial charge in [0, 0.05) is 4.83 Å². The lowest BCUT2D eigenvalue weighted by molar-refractivity contribution is 0.359. The maximum absolute atomic E-state index is 3.70. The van der Waals surface area contributed by atoms with Gasteiger partial charge in [0.25, 0.3) is 0 Å². The molecule has 0 aromatic carbocycles. The van der Waals surface area contributed by atoms with E-state index in [0.29, 0.717) is 4.83 Å². The Bertz CT molecular complexity index is 105. The Morgan fingerprint density at radius 2 is 1.85 bits per heavy atom. The van der Waals surface area contributed by atoms with Gasteiger partial charge in [-0.15, -0.1) is 0 Å². The molecule has 0 aliphatic carbocycles. The van der Waals surface area contributed by atoms with Gasteiger partial charge < -0.3 is 0 Å². The molecule has 0 heterocycles. The van der Waals surface area contributed by atoms with Crippen LogP contribution in [0, 0.1) is 11.8 Å². The SMILES string of the molecule is CCSCCCC(C(C)C)C(C)Br. The number of alkyl halides is 1. The highest BCUT2D eigenvalue weighted by Crippen LogP contribution is 2.26. The Balaban J connectivity index is 3.58. The number of hydrogen-bond donors (Lipinski definition) is 0. The number of halogens is 1. The average molecular weight is 267 g/mol. The van der Waals surface area contributed by atoms with Gasteiger partial charge in [-0.3, -0.25) is 0 Å². The van der Waals surface area contributed by atoms with Crippen molar-refractivity contribution in [1.29, 1.82) is 0 Å². The molecule has 0 amide bonds. The molecular formula is C11H23BrS. The standard InChI is InChI=1S/C11H23BrS/c1-5-13-8-6-7-11(9(2)3)10(4)12/h9-11H,5-8H2,1-4H3. The normalized spacial score (nSPS) is 16.2. The van der Waals surface area contributed by atoms with E-state index in [4.69, 9.17) is 0 Å². The summed E-state index contributed by atoms with van der Waals surface area (Å²) < 4.78 is 0. The van der Waals surface area contributed by atoms with Crippen LogP contribution >= 0.6 is 27.7 Å². The van der Waals surface area contributed by atoms with E-state index in [0.717, 1.165) is 11.8 Å². The zero-order valence-electron chi connectivity index (χ0n) is 9.35. The second-order valence-electron chi connectivity index (χ2n) is 3.92. The van der Waals surface area contributed by atoms with Crippen molar-refractivity contribution in [2.45, 2.75) is 45.4 Å². The lowest BCUT2D eigenvalue weighted by Gasteiger charge is -2.23. The summed E-state index contributed by atoms with van der Waals surface area (Å²) in [6, 6.07) is 0. The van der Waals surface area contributed by atoms with Crippen LogP contribution < -0.4 is 0 Å². The number of thioether (sulfide) groups is 1. The van der Waals surface area contributed by atoms with Gasteiger partial charge in [-0.25, -0.2) is 0 Å². The zero-order chi connectivity index (χ0) is 10.3. The third-order valence-corrected chi connectivity index (χ3v) is 4.14. The van der Waals surface area contributed by atoms with Crippen molar-refractivity contribution in [3.63, 3.8) is 0 Å². The van der Waals surface area contributed by atoms with Crippen LogP contribution in [0.4, 0.5) is 0 Å². The molecule has 80 valence electrons. The first-order chi connectivity index (χ1) is 6.09. The third-order valence-electron chi connectivity index (χ3n) is 2.48. The number of hydrogen-bond acceptors (Lipinski definition) is 1. The molecule has 0 saturated heterocycles. The van der Waals surface area contributed by atoms with Crippen LogP contribution in [0.2, 0.25) is 0 Å². The van der Waals surface area contributed by atoms with E-state index in [2.05, 4.69) is 55.4 Å². The van der Waals surface area contributed by atoms with E-state index in [1.54, 1.807) is 0 Å². The Kier molecular flexibility index (Phi) is 8.69. The Labute approximate surface area is 96.4 Å². The maximum Gasteiger partial charge on any atom is 0.0148 e. The van der Waals surface area contributed by atoms with Crippen LogP contribution in [-0.2, 0) is 0 Å². The van der Waals surface area contributed by atoms with Crippen molar-refractivity contribution >= 4 is 27.7 Å². The van der Waals surface area contributed by atoms with E-state index < -0.39 is 0 Å². The highest BCUT2D eigenvalue weighted by molar-refractivity contribution is 9.09. The van der Waals surface area contributed by atoms with Crippen molar-refractivity contribution in [2.24, 2.45) is 11.8 Å². The Morgan fingerprint density at radius 1 is 1.23 bits per heavy atom. The first-order valence-electron chi connectivity index (χ1n) is 5.31. The predicted molar refractivity (Wildman–Crippen MR) is 69.0 cm³/mol. The molecule has 0 N–H and O–H groups in total. The quantitative estimate of drug-likeness (QED) is 0.481. The summed E-state index contributed by atoms with van der Waals surface area (Å²) in [7, 11) is 0. The van der Waals surface area contributed by atoms with Gasteiger partial charge in [-0.05, 0) is 36.2 Å². The van der Waals surface area contributed by atoms with Gasteiger partial charge in [-0.1, -0.05) is 43.6 Å². The summed E-state index contributed by atoms with van der Waals surface area (Å²) in [4.78, 5) is 0.666. The van der Waals surface area contributed by atoms with Gasteiger partial charge in [0.05, 0.1) is 0 Å². The first-order valence-corrected chi connectivity index (χ1v) is 7.38. The average Bonchev–Trinajstić information content (AvgIpc) is 2.02. The molecule has 0 aromatic heterocycles. The van der Waals surface area contributed by atoms with Crippen molar-refractivity contribution in [3.8, 4) is 0 Å². The Hall–Kier alpha value is 0.830. The second kappa shape index (κ2) is 8.16. The molecular weight excluding hydrogens is 244 g/mol. The molecule has 0 radical (unpaired) electrons. The first kappa shape index (κ1) is 13.8. The van der Waals surface area contributed by atoms with Crippen LogP contribution in [0.1, 0.15) is 40.5 Å². The van der Waals surface area contributed by atoms with Gasteiger partial charge in [0.15, 0.2) is 0 Å². The molecule has 0 bridgehead atoms. The molecule has 0 aliphatic rings. The molecule has 0 saturated carbocycles. The van der Waals surface area contributed by atoms with E-state index in [1.165, 1.54) is 24.3 Å². The summed E-state index contributed by atoms with van der Waals surface area (Å²) in [5.41, 5.74) is 0. The fourth-order valence-electron chi connectivity index (χ4n) is 1.66. The summed E-state index contributed by atoms with van der Waals surface area (Å²) in [6.45, 7) is 9.17. The summed E-state index contributed by atoms with van der Waals surface area (Å²) in [5, 5.41) is 0. The molecule has 2 unspecified atom stereocenters. The highest BCUT2D eigenvalue weighted by Gasteiger charge is 2.17. The summed E-state index contributed by atoms with van der Waals surface area (Å²) in [6.07, 6.45) is 2.74. The van der Waals surface area contributed by atoms with Crippen LogP contribution in [0.25, 0.3) is 0 Å². The van der Waals surface area contributed by atoms with Crippen LogP contribution in [0.15, 0.2) is 0 Å². The van der Waals surface area contributed by atoms with Crippen molar-refractivity contribution in [1.82, 2.24) is 0 Å². The molecule has 0 aromatic rings. The van der Waals surface area contributed by atoms with Crippen LogP contribution in [-0.4, -0.2) is 16.3 Å². The predicted octanol–water partition coefficient (Wildman–Crippen LogP) is 4.58. The number of rotatable bonds is 7. The van der Waals surface area contributed by atoms with Crippen LogP contribution in [0.3, 0.4) is 0 Å². The minimum absolute atomic E-state index is 0.666. The minimum atomic E-state index is 0.666. The molecule has 0 nitrogen and oxygen atoms in total. The van der Waals surface area contributed by atoms with E-state index >= 15 is 0 Å². The Morgan fingerprint density at radius 3 is 2.23 bits per heavy atom. The lowest BCUT2D eigenvalue weighted by Crippen LogP contribution is -2.17. The molecule has 2 heteroatoms. The topological polar surface area (TPSA) is 0 Å². The fourth-order valence-corrected chi connectivity index (χ4v) is 3.19. The van der Waals surface area contributed by atoms with Gasteiger partial charge in [0.1, 0.15) is 0 Å². The zero-order valence-corrected chi connectivity index (χ0v) is 11.7. The summed E-state index contributed by atoms with van der Waals surface area (Å²) >= 11 is 5.76. The second-order valence-corrected chi connectivity index (χ2v) is 6.76. The van der Waals surface area contributed by atoms with E-state index in [1.807, 2.05) is 0 Å². The van der Waals surface area contributed by atoms with Crippen molar-refractivity contribution in [2.75, 3.05) is 11.5 Å². The molecule has 0 fully saturated rings. The lowest BCUT2D eigenvalue weighted by atomic mass is 9.89. The maximum atomic E-state index is 3.70. The van der Waals surface area contributed by atoms with Gasteiger partial charge >= 0.3 is 0 Å².